The van der Waals surface area contributed by atoms with E-state index in [4.69, 9.17) is 4.74 Å². The van der Waals surface area contributed by atoms with Crippen LogP contribution in [0.2, 0.25) is 0 Å². The van der Waals surface area contributed by atoms with Crippen molar-refractivity contribution in [2.75, 3.05) is 6.54 Å². The summed E-state index contributed by atoms with van der Waals surface area (Å²) in [5.41, 5.74) is 1.80. The summed E-state index contributed by atoms with van der Waals surface area (Å²) in [4.78, 5) is 11.9. The minimum absolute atomic E-state index is 0.0406. The van der Waals surface area contributed by atoms with Crippen LogP contribution in [0, 0.1) is 11.3 Å². The van der Waals surface area contributed by atoms with E-state index in [1.54, 1.807) is 28.2 Å². The van der Waals surface area contributed by atoms with Crippen molar-refractivity contribution in [3.8, 4) is 6.07 Å². The molecule has 7 nitrogen and oxygen atoms in total. The molecule has 26 heavy (non-hydrogen) atoms. The third kappa shape index (κ3) is 3.94. The molecule has 0 fully saturated rings. The van der Waals surface area contributed by atoms with Gasteiger partial charge in [0.25, 0.3) is 0 Å². The van der Waals surface area contributed by atoms with Gasteiger partial charge in [0.05, 0.1) is 17.5 Å². The molecule has 0 saturated carbocycles. The average Bonchev–Trinajstić information content (AvgIpc) is 3.27. The number of carbonyl (C=O) groups excluding carboxylic acids is 1. The highest BCUT2D eigenvalue weighted by Gasteiger charge is 2.16. The van der Waals surface area contributed by atoms with E-state index < -0.39 is 16.0 Å². The molecule has 0 aliphatic heterocycles. The Hall–Kier alpha value is -2.67. The second-order valence-electron chi connectivity index (χ2n) is 5.37. The molecule has 134 valence electrons. The van der Waals surface area contributed by atoms with Gasteiger partial charge in [-0.25, -0.2) is 13.1 Å². The number of ether oxygens (including phenoxy) is 1. The van der Waals surface area contributed by atoms with Gasteiger partial charge in [-0.3, -0.25) is 4.79 Å². The van der Waals surface area contributed by atoms with Crippen LogP contribution in [0.15, 0.2) is 52.3 Å². The number of thiophene rings is 1. The number of esters is 1. The number of carbonyl (C=O) groups is 1. The molecule has 0 saturated heterocycles. The lowest BCUT2D eigenvalue weighted by Gasteiger charge is -2.05. The Kier molecular flexibility index (Phi) is 5.37. The monoisotopic (exact) mass is 389 g/mol. The molecule has 0 bridgehead atoms. The van der Waals surface area contributed by atoms with E-state index >= 15 is 0 Å². The Balaban J connectivity index is 1.54. The number of aromatic nitrogens is 1. The first kappa shape index (κ1) is 18.1. The summed E-state index contributed by atoms with van der Waals surface area (Å²) in [6, 6.07) is 10.7. The molecule has 0 aliphatic rings. The normalized spacial score (nSPS) is 11.3. The first-order valence-electron chi connectivity index (χ1n) is 7.69. The summed E-state index contributed by atoms with van der Waals surface area (Å²) in [6.07, 6.45) is 3.45. The van der Waals surface area contributed by atoms with E-state index in [1.165, 1.54) is 6.07 Å². The number of pyridine rings is 1. The molecule has 3 aromatic rings. The molecule has 3 aromatic heterocycles. The number of sulfonamides is 1. The van der Waals surface area contributed by atoms with Gasteiger partial charge in [0.1, 0.15) is 16.9 Å². The zero-order valence-corrected chi connectivity index (χ0v) is 15.2. The first-order valence-corrected chi connectivity index (χ1v) is 10.0. The van der Waals surface area contributed by atoms with Crippen LogP contribution in [0.4, 0.5) is 0 Å². The van der Waals surface area contributed by atoms with Crippen molar-refractivity contribution in [3.05, 3.63) is 59.2 Å². The number of nitrogens with one attached hydrogen (secondary N) is 1. The van der Waals surface area contributed by atoms with Gasteiger partial charge in [-0.1, -0.05) is 12.1 Å². The van der Waals surface area contributed by atoms with Crippen molar-refractivity contribution in [3.63, 3.8) is 0 Å². The summed E-state index contributed by atoms with van der Waals surface area (Å²) in [5.74, 6) is -0.543. The van der Waals surface area contributed by atoms with Gasteiger partial charge in [-0.15, -0.1) is 11.3 Å². The SMILES string of the molecule is N#Cc1c(COC(=O)CCNS(=O)(=O)c2cccs2)cn2ccccc12. The van der Waals surface area contributed by atoms with Gasteiger partial charge in [0, 0.05) is 24.5 Å². The molecule has 0 aliphatic carbocycles. The van der Waals surface area contributed by atoms with Gasteiger partial charge in [-0.2, -0.15) is 5.26 Å². The van der Waals surface area contributed by atoms with E-state index in [0.29, 0.717) is 11.1 Å². The van der Waals surface area contributed by atoms with Crippen molar-refractivity contribution in [2.24, 2.45) is 0 Å². The van der Waals surface area contributed by atoms with Crippen molar-refractivity contribution in [1.29, 1.82) is 5.26 Å². The minimum atomic E-state index is -3.59. The number of hydrogen-bond acceptors (Lipinski definition) is 6. The lowest BCUT2D eigenvalue weighted by molar-refractivity contribution is -0.144. The maximum atomic E-state index is 11.9. The van der Waals surface area contributed by atoms with Crippen LogP contribution in [-0.2, 0) is 26.2 Å². The standard InChI is InChI=1S/C17H15N3O4S2/c18-10-14-13(11-20-8-2-1-4-15(14)20)12-24-16(21)6-7-19-26(22,23)17-5-3-9-25-17/h1-5,8-9,11,19H,6-7,12H2. The Morgan fingerprint density at radius 3 is 2.88 bits per heavy atom. The molecule has 0 spiro atoms. The Labute approximate surface area is 154 Å². The van der Waals surface area contributed by atoms with Crippen LogP contribution in [0.5, 0.6) is 0 Å². The van der Waals surface area contributed by atoms with Crippen molar-refractivity contribution >= 4 is 32.8 Å². The molecular weight excluding hydrogens is 374 g/mol. The van der Waals surface area contributed by atoms with E-state index in [1.807, 2.05) is 18.2 Å². The van der Waals surface area contributed by atoms with Gasteiger partial charge < -0.3 is 9.14 Å². The van der Waals surface area contributed by atoms with Crippen molar-refractivity contribution < 1.29 is 17.9 Å². The quantitative estimate of drug-likeness (QED) is 0.625. The molecule has 3 heterocycles. The number of nitriles is 1. The number of hydrogen-bond donors (Lipinski definition) is 1. The summed E-state index contributed by atoms with van der Waals surface area (Å²) >= 11 is 1.10. The fourth-order valence-corrected chi connectivity index (χ4v) is 4.49. The molecule has 9 heteroatoms. The van der Waals surface area contributed by atoms with Crippen LogP contribution < -0.4 is 4.72 Å². The molecule has 3 rings (SSSR count). The smallest absolute Gasteiger partial charge is 0.307 e. The molecule has 0 aromatic carbocycles. The first-order chi connectivity index (χ1) is 12.5. The summed E-state index contributed by atoms with van der Waals surface area (Å²) < 4.78 is 33.4. The predicted molar refractivity (Wildman–Crippen MR) is 96.0 cm³/mol. The van der Waals surface area contributed by atoms with Crippen molar-refractivity contribution in [2.45, 2.75) is 17.2 Å². The van der Waals surface area contributed by atoms with Crippen LogP contribution >= 0.6 is 11.3 Å². The third-order valence-electron chi connectivity index (χ3n) is 3.64. The van der Waals surface area contributed by atoms with Crippen LogP contribution in [0.25, 0.3) is 5.52 Å². The zero-order chi connectivity index (χ0) is 18.6. The Morgan fingerprint density at radius 2 is 2.15 bits per heavy atom. The van der Waals surface area contributed by atoms with Gasteiger partial charge in [0.2, 0.25) is 10.0 Å². The maximum absolute atomic E-state index is 11.9. The maximum Gasteiger partial charge on any atom is 0.307 e. The van der Waals surface area contributed by atoms with Gasteiger partial charge in [0.15, 0.2) is 0 Å². The number of nitrogens with zero attached hydrogens (tertiary/aromatic N) is 2. The minimum Gasteiger partial charge on any atom is -0.461 e. The molecule has 0 radical (unpaired) electrons. The second kappa shape index (κ2) is 7.70. The molecule has 0 atom stereocenters. The van der Waals surface area contributed by atoms with E-state index in [-0.39, 0.29) is 23.8 Å². The van der Waals surface area contributed by atoms with Crippen LogP contribution in [-0.4, -0.2) is 25.3 Å². The largest absolute Gasteiger partial charge is 0.461 e. The molecular formula is C17H15N3O4S2. The summed E-state index contributed by atoms with van der Waals surface area (Å²) in [5, 5.41) is 11.0. The average molecular weight is 389 g/mol. The Bertz CT molecular complexity index is 1060. The fraction of sp³-hybridized carbons (Fsp3) is 0.176. The second-order valence-corrected chi connectivity index (χ2v) is 8.32. The summed E-state index contributed by atoms with van der Waals surface area (Å²) in [6.45, 7) is -0.0943. The molecule has 0 amide bonds. The fourth-order valence-electron chi connectivity index (χ4n) is 2.42. The van der Waals surface area contributed by atoms with Crippen LogP contribution in [0.3, 0.4) is 0 Å². The van der Waals surface area contributed by atoms with E-state index in [2.05, 4.69) is 10.8 Å². The lowest BCUT2D eigenvalue weighted by Crippen LogP contribution is -2.26. The molecule has 0 unspecified atom stereocenters. The molecule has 1 N–H and O–H groups in total. The predicted octanol–water partition coefficient (Wildman–Crippen LogP) is 2.28. The highest BCUT2D eigenvalue weighted by molar-refractivity contribution is 7.91. The number of rotatable bonds is 7. The number of fused-ring (bicyclic) bond motifs is 1. The zero-order valence-electron chi connectivity index (χ0n) is 13.6. The highest BCUT2D eigenvalue weighted by Crippen LogP contribution is 2.19. The highest BCUT2D eigenvalue weighted by atomic mass is 32.2. The summed E-state index contributed by atoms with van der Waals surface area (Å²) in [7, 11) is -3.59. The lowest BCUT2D eigenvalue weighted by atomic mass is 10.2. The van der Waals surface area contributed by atoms with Crippen LogP contribution in [0.1, 0.15) is 17.5 Å². The van der Waals surface area contributed by atoms with Gasteiger partial charge in [-0.05, 0) is 23.6 Å². The topological polar surface area (TPSA) is 101 Å². The van der Waals surface area contributed by atoms with E-state index in [0.717, 1.165) is 16.9 Å². The third-order valence-corrected chi connectivity index (χ3v) is 6.50. The van der Waals surface area contributed by atoms with E-state index in [9.17, 15) is 18.5 Å². The Morgan fingerprint density at radius 1 is 1.31 bits per heavy atom. The van der Waals surface area contributed by atoms with Crippen molar-refractivity contribution in [1.82, 2.24) is 9.12 Å². The van der Waals surface area contributed by atoms with Gasteiger partial charge >= 0.3 is 5.97 Å².